The van der Waals surface area contributed by atoms with Crippen molar-refractivity contribution >= 4 is 45.3 Å². The Balaban J connectivity index is 2.18. The lowest BCUT2D eigenvalue weighted by atomic mass is 10.2. The van der Waals surface area contributed by atoms with Gasteiger partial charge in [-0.2, -0.15) is 0 Å². The first kappa shape index (κ1) is 19.0. The third-order valence-electron chi connectivity index (χ3n) is 3.42. The lowest BCUT2D eigenvalue weighted by Gasteiger charge is -2.14. The Morgan fingerprint density at radius 1 is 1.16 bits per heavy atom. The first-order chi connectivity index (χ1) is 12.0. The third-order valence-corrected chi connectivity index (χ3v) is 4.82. The number of anilines is 2. The standard InChI is InChI=1S/C17H20N2O4S2/c1-5-11-9-12(16(20)23-4)15(25-11)19-17(24)18-13-7-6-10(21-2)8-14(13)22-3/h6-9H,5H2,1-4H3,(H2,18,19,24). The van der Waals surface area contributed by atoms with Gasteiger partial charge in [-0.15, -0.1) is 11.3 Å². The van der Waals surface area contributed by atoms with Crippen molar-refractivity contribution < 1.29 is 19.0 Å². The maximum absolute atomic E-state index is 11.9. The minimum Gasteiger partial charge on any atom is -0.497 e. The third kappa shape index (κ3) is 4.61. The van der Waals surface area contributed by atoms with Gasteiger partial charge in [0.05, 0.1) is 32.6 Å². The number of carbonyl (C=O) groups excluding carboxylic acids is 1. The summed E-state index contributed by atoms with van der Waals surface area (Å²) < 4.78 is 15.3. The van der Waals surface area contributed by atoms with E-state index in [1.54, 1.807) is 32.4 Å². The Labute approximate surface area is 156 Å². The van der Waals surface area contributed by atoms with Crippen LogP contribution in [-0.4, -0.2) is 32.4 Å². The van der Waals surface area contributed by atoms with Gasteiger partial charge in [0.25, 0.3) is 0 Å². The summed E-state index contributed by atoms with van der Waals surface area (Å²) in [5, 5.41) is 7.12. The zero-order valence-electron chi connectivity index (χ0n) is 14.5. The maximum Gasteiger partial charge on any atom is 0.340 e. The number of esters is 1. The van der Waals surface area contributed by atoms with Crippen LogP contribution in [0.4, 0.5) is 10.7 Å². The van der Waals surface area contributed by atoms with Crippen molar-refractivity contribution in [2.24, 2.45) is 0 Å². The van der Waals surface area contributed by atoms with E-state index in [9.17, 15) is 4.79 Å². The Kier molecular flexibility index (Phi) is 6.60. The number of aryl methyl sites for hydroxylation is 1. The predicted octanol–water partition coefficient (Wildman–Crippen LogP) is 3.92. The highest BCUT2D eigenvalue weighted by molar-refractivity contribution is 7.80. The van der Waals surface area contributed by atoms with E-state index in [1.807, 2.05) is 13.0 Å². The van der Waals surface area contributed by atoms with Crippen LogP contribution in [0.5, 0.6) is 11.5 Å². The monoisotopic (exact) mass is 380 g/mol. The van der Waals surface area contributed by atoms with Crippen LogP contribution in [0, 0.1) is 0 Å². The molecule has 0 spiro atoms. The number of carbonyl (C=O) groups is 1. The van der Waals surface area contributed by atoms with E-state index in [0.29, 0.717) is 32.9 Å². The molecule has 0 radical (unpaired) electrons. The van der Waals surface area contributed by atoms with Gasteiger partial charge >= 0.3 is 5.97 Å². The fourth-order valence-electron chi connectivity index (χ4n) is 2.13. The molecule has 0 aliphatic heterocycles. The zero-order chi connectivity index (χ0) is 18.4. The molecular formula is C17H20N2O4S2. The summed E-state index contributed by atoms with van der Waals surface area (Å²) in [7, 11) is 4.51. The Hall–Kier alpha value is -2.32. The number of rotatable bonds is 6. The maximum atomic E-state index is 11.9. The van der Waals surface area contributed by atoms with Crippen LogP contribution in [0.15, 0.2) is 24.3 Å². The van der Waals surface area contributed by atoms with Gasteiger partial charge in [-0.25, -0.2) is 4.79 Å². The smallest absolute Gasteiger partial charge is 0.340 e. The van der Waals surface area contributed by atoms with Gasteiger partial charge in [-0.1, -0.05) is 6.92 Å². The number of nitrogens with one attached hydrogen (secondary N) is 2. The first-order valence-electron chi connectivity index (χ1n) is 7.53. The molecule has 8 heteroatoms. The van der Waals surface area contributed by atoms with Crippen molar-refractivity contribution in [2.45, 2.75) is 13.3 Å². The van der Waals surface area contributed by atoms with Gasteiger partial charge in [0.15, 0.2) is 5.11 Å². The van der Waals surface area contributed by atoms with Crippen LogP contribution < -0.4 is 20.1 Å². The van der Waals surface area contributed by atoms with Crippen molar-refractivity contribution in [3.05, 3.63) is 34.7 Å². The molecule has 0 saturated carbocycles. The van der Waals surface area contributed by atoms with Crippen LogP contribution in [0.1, 0.15) is 22.2 Å². The largest absolute Gasteiger partial charge is 0.497 e. The molecule has 0 aliphatic rings. The molecule has 0 unspecified atom stereocenters. The minimum absolute atomic E-state index is 0.345. The predicted molar refractivity (Wildman–Crippen MR) is 104 cm³/mol. The van der Waals surface area contributed by atoms with Crippen molar-refractivity contribution in [1.29, 1.82) is 0 Å². The quantitative estimate of drug-likeness (QED) is 0.581. The number of thiocarbonyl (C=S) groups is 1. The number of hydrogen-bond acceptors (Lipinski definition) is 6. The van der Waals surface area contributed by atoms with Crippen LogP contribution >= 0.6 is 23.6 Å². The fourth-order valence-corrected chi connectivity index (χ4v) is 3.39. The molecule has 2 rings (SSSR count). The Morgan fingerprint density at radius 3 is 2.52 bits per heavy atom. The SMILES string of the molecule is CCc1cc(C(=O)OC)c(NC(=S)Nc2ccc(OC)cc2OC)s1. The molecule has 1 heterocycles. The van der Waals surface area contributed by atoms with E-state index < -0.39 is 5.97 Å². The normalized spacial score (nSPS) is 10.1. The first-order valence-corrected chi connectivity index (χ1v) is 8.75. The second-order valence-electron chi connectivity index (χ2n) is 4.95. The van der Waals surface area contributed by atoms with Crippen molar-refractivity contribution in [3.8, 4) is 11.5 Å². The molecule has 2 aromatic rings. The van der Waals surface area contributed by atoms with E-state index in [0.717, 1.165) is 11.3 Å². The van der Waals surface area contributed by atoms with E-state index in [-0.39, 0.29) is 0 Å². The van der Waals surface area contributed by atoms with Gasteiger partial charge in [0, 0.05) is 10.9 Å². The number of ether oxygens (including phenoxy) is 3. The average molecular weight is 380 g/mol. The Morgan fingerprint density at radius 2 is 1.92 bits per heavy atom. The minimum atomic E-state index is -0.400. The molecule has 2 N–H and O–H groups in total. The van der Waals surface area contributed by atoms with Crippen LogP contribution in [-0.2, 0) is 11.2 Å². The van der Waals surface area contributed by atoms with Crippen LogP contribution in [0.25, 0.3) is 0 Å². The summed E-state index contributed by atoms with van der Waals surface area (Å²) in [5.74, 6) is 0.875. The summed E-state index contributed by atoms with van der Waals surface area (Å²) in [4.78, 5) is 13.0. The number of thiophene rings is 1. The van der Waals surface area contributed by atoms with E-state index in [1.165, 1.54) is 18.4 Å². The van der Waals surface area contributed by atoms with Crippen molar-refractivity contribution in [3.63, 3.8) is 0 Å². The highest BCUT2D eigenvalue weighted by atomic mass is 32.1. The lowest BCUT2D eigenvalue weighted by Crippen LogP contribution is -2.20. The number of hydrogen-bond donors (Lipinski definition) is 2. The van der Waals surface area contributed by atoms with Gasteiger partial charge in [0.2, 0.25) is 0 Å². The highest BCUT2D eigenvalue weighted by Gasteiger charge is 2.17. The summed E-state index contributed by atoms with van der Waals surface area (Å²) in [6.07, 6.45) is 0.822. The summed E-state index contributed by atoms with van der Waals surface area (Å²) in [5.41, 5.74) is 1.16. The van der Waals surface area contributed by atoms with Crippen molar-refractivity contribution in [1.82, 2.24) is 0 Å². The highest BCUT2D eigenvalue weighted by Crippen LogP contribution is 2.31. The van der Waals surface area contributed by atoms with E-state index in [2.05, 4.69) is 10.6 Å². The zero-order valence-corrected chi connectivity index (χ0v) is 16.1. The molecule has 1 aromatic heterocycles. The van der Waals surface area contributed by atoms with Gasteiger partial charge in [-0.05, 0) is 36.8 Å². The Bertz CT molecular complexity index is 774. The second kappa shape index (κ2) is 8.68. The molecule has 0 fully saturated rings. The fraction of sp³-hybridized carbons (Fsp3) is 0.294. The molecule has 25 heavy (non-hydrogen) atoms. The summed E-state index contributed by atoms with van der Waals surface area (Å²) in [6.45, 7) is 2.02. The molecule has 0 saturated heterocycles. The molecule has 6 nitrogen and oxygen atoms in total. The molecule has 0 aliphatic carbocycles. The van der Waals surface area contributed by atoms with E-state index >= 15 is 0 Å². The molecule has 134 valence electrons. The molecule has 0 atom stereocenters. The number of methoxy groups -OCH3 is 3. The van der Waals surface area contributed by atoms with Gasteiger partial charge in [0.1, 0.15) is 16.5 Å². The van der Waals surface area contributed by atoms with E-state index in [4.69, 9.17) is 26.4 Å². The summed E-state index contributed by atoms with van der Waals surface area (Å²) >= 11 is 6.83. The lowest BCUT2D eigenvalue weighted by molar-refractivity contribution is 0.0602. The number of benzene rings is 1. The molecule has 0 amide bonds. The van der Waals surface area contributed by atoms with Gasteiger partial charge in [-0.3, -0.25) is 0 Å². The molecule has 1 aromatic carbocycles. The van der Waals surface area contributed by atoms with Crippen LogP contribution in [0.2, 0.25) is 0 Å². The van der Waals surface area contributed by atoms with Crippen molar-refractivity contribution in [2.75, 3.05) is 32.0 Å². The van der Waals surface area contributed by atoms with Gasteiger partial charge < -0.3 is 24.8 Å². The van der Waals surface area contributed by atoms with Crippen LogP contribution in [0.3, 0.4) is 0 Å². The summed E-state index contributed by atoms with van der Waals surface area (Å²) in [6, 6.07) is 7.17. The molecular weight excluding hydrogens is 360 g/mol. The second-order valence-corrected chi connectivity index (χ2v) is 6.49. The topological polar surface area (TPSA) is 68.8 Å². The molecule has 0 bridgehead atoms. The average Bonchev–Trinajstić information content (AvgIpc) is 3.04.